The Labute approximate surface area is 171 Å². The van der Waals surface area contributed by atoms with Gasteiger partial charge >= 0.3 is 6.18 Å². The van der Waals surface area contributed by atoms with Crippen molar-refractivity contribution in [3.05, 3.63) is 70.8 Å². The maximum absolute atomic E-state index is 13.5. The molecule has 1 amide bonds. The van der Waals surface area contributed by atoms with Crippen molar-refractivity contribution >= 4 is 18.3 Å². The van der Waals surface area contributed by atoms with E-state index in [0.717, 1.165) is 11.6 Å². The van der Waals surface area contributed by atoms with E-state index in [-0.39, 0.29) is 35.7 Å². The van der Waals surface area contributed by atoms with Crippen LogP contribution in [0.15, 0.2) is 42.5 Å². The zero-order valence-electron chi connectivity index (χ0n) is 15.5. The van der Waals surface area contributed by atoms with E-state index >= 15 is 0 Å². The van der Waals surface area contributed by atoms with E-state index in [4.69, 9.17) is 0 Å². The van der Waals surface area contributed by atoms with Crippen LogP contribution in [0, 0.1) is 11.6 Å². The number of halogens is 6. The molecular formula is C20H20ClF5N2O. The van der Waals surface area contributed by atoms with E-state index in [9.17, 15) is 26.7 Å². The number of rotatable bonds is 3. The molecule has 0 aromatic heterocycles. The summed E-state index contributed by atoms with van der Waals surface area (Å²) in [6.45, 7) is 1.18. The average Bonchev–Trinajstić information content (AvgIpc) is 2.67. The van der Waals surface area contributed by atoms with Gasteiger partial charge in [-0.15, -0.1) is 12.4 Å². The molecular weight excluding hydrogens is 415 g/mol. The fourth-order valence-corrected chi connectivity index (χ4v) is 3.59. The van der Waals surface area contributed by atoms with Gasteiger partial charge in [-0.25, -0.2) is 8.78 Å². The smallest absolute Gasteiger partial charge is 0.338 e. The highest BCUT2D eigenvalue weighted by molar-refractivity contribution is 5.94. The molecule has 1 N–H and O–H groups in total. The van der Waals surface area contributed by atoms with Gasteiger partial charge in [0.15, 0.2) is 0 Å². The lowest BCUT2D eigenvalue weighted by Crippen LogP contribution is -2.49. The maximum atomic E-state index is 13.5. The molecule has 1 aliphatic rings. The first-order valence-corrected chi connectivity index (χ1v) is 8.78. The van der Waals surface area contributed by atoms with Gasteiger partial charge in [-0.2, -0.15) is 13.2 Å². The van der Waals surface area contributed by atoms with Gasteiger partial charge in [-0.05, 0) is 48.9 Å². The number of likely N-dealkylation sites (N-methyl/N-ethyl adjacent to an activating group) is 1. The molecule has 0 spiro atoms. The molecule has 158 valence electrons. The van der Waals surface area contributed by atoms with Gasteiger partial charge in [0.25, 0.3) is 5.91 Å². The van der Waals surface area contributed by atoms with Crippen LogP contribution in [-0.2, 0) is 6.18 Å². The van der Waals surface area contributed by atoms with Crippen LogP contribution in [-0.4, -0.2) is 37.0 Å². The van der Waals surface area contributed by atoms with Crippen LogP contribution in [0.1, 0.15) is 33.8 Å². The second-order valence-corrected chi connectivity index (χ2v) is 6.83. The Morgan fingerprint density at radius 3 is 2.38 bits per heavy atom. The van der Waals surface area contributed by atoms with Crippen molar-refractivity contribution < 1.29 is 26.7 Å². The van der Waals surface area contributed by atoms with Gasteiger partial charge < -0.3 is 10.2 Å². The van der Waals surface area contributed by atoms with Crippen LogP contribution in [0.5, 0.6) is 0 Å². The molecule has 2 aromatic carbocycles. The SMILES string of the molecule is CN(C(=O)c1ccc(F)c(C(F)(F)F)c1)[C@@H]1CCNC[C@H]1c1ccc(F)cc1.Cl. The monoisotopic (exact) mass is 434 g/mol. The van der Waals surface area contributed by atoms with Crippen LogP contribution in [0.4, 0.5) is 22.0 Å². The molecule has 2 atom stereocenters. The predicted molar refractivity (Wildman–Crippen MR) is 101 cm³/mol. The molecule has 1 aliphatic heterocycles. The fraction of sp³-hybridized carbons (Fsp3) is 0.350. The van der Waals surface area contributed by atoms with Crippen LogP contribution >= 0.6 is 12.4 Å². The van der Waals surface area contributed by atoms with E-state index in [2.05, 4.69) is 5.32 Å². The van der Waals surface area contributed by atoms with E-state index in [0.29, 0.717) is 31.6 Å². The summed E-state index contributed by atoms with van der Waals surface area (Å²) in [6.07, 6.45) is -4.30. The minimum absolute atomic E-state index is 0. The summed E-state index contributed by atoms with van der Waals surface area (Å²) < 4.78 is 65.6. The molecule has 3 rings (SSSR count). The molecule has 1 saturated heterocycles. The number of piperidine rings is 1. The minimum atomic E-state index is -4.88. The topological polar surface area (TPSA) is 32.3 Å². The molecule has 0 radical (unpaired) electrons. The molecule has 29 heavy (non-hydrogen) atoms. The Balaban J connectivity index is 0.00000300. The fourth-order valence-electron chi connectivity index (χ4n) is 3.59. The molecule has 2 aromatic rings. The predicted octanol–water partition coefficient (Wildman–Crippen LogP) is 4.62. The van der Waals surface area contributed by atoms with Crippen molar-refractivity contribution in [2.24, 2.45) is 0 Å². The Morgan fingerprint density at radius 2 is 1.76 bits per heavy atom. The van der Waals surface area contributed by atoms with Crippen molar-refractivity contribution in [2.45, 2.75) is 24.6 Å². The third-order valence-electron chi connectivity index (χ3n) is 5.08. The minimum Gasteiger partial charge on any atom is -0.338 e. The zero-order chi connectivity index (χ0) is 20.5. The lowest BCUT2D eigenvalue weighted by Gasteiger charge is -2.38. The second-order valence-electron chi connectivity index (χ2n) is 6.83. The lowest BCUT2D eigenvalue weighted by atomic mass is 9.85. The number of hydrogen-bond acceptors (Lipinski definition) is 2. The van der Waals surface area contributed by atoms with E-state index in [1.54, 1.807) is 12.1 Å². The summed E-state index contributed by atoms with van der Waals surface area (Å²) in [5, 5.41) is 3.22. The number of benzene rings is 2. The highest BCUT2D eigenvalue weighted by Crippen LogP contribution is 2.33. The highest BCUT2D eigenvalue weighted by Gasteiger charge is 2.36. The van der Waals surface area contributed by atoms with Crippen molar-refractivity contribution in [2.75, 3.05) is 20.1 Å². The summed E-state index contributed by atoms with van der Waals surface area (Å²) in [7, 11) is 1.52. The molecule has 0 bridgehead atoms. The van der Waals surface area contributed by atoms with Crippen LogP contribution in [0.2, 0.25) is 0 Å². The molecule has 1 heterocycles. The van der Waals surface area contributed by atoms with Crippen LogP contribution in [0.3, 0.4) is 0 Å². The molecule has 0 unspecified atom stereocenters. The Morgan fingerprint density at radius 1 is 1.10 bits per heavy atom. The van der Waals surface area contributed by atoms with Crippen molar-refractivity contribution in [1.82, 2.24) is 10.2 Å². The number of carbonyl (C=O) groups is 1. The molecule has 1 fully saturated rings. The summed E-state index contributed by atoms with van der Waals surface area (Å²) in [6, 6.07) is 7.90. The maximum Gasteiger partial charge on any atom is 0.419 e. The number of alkyl halides is 3. The standard InChI is InChI=1S/C20H19F5N2O.ClH/c1-27(19(28)13-4-7-17(22)16(10-13)20(23,24)25)18-8-9-26-11-15(18)12-2-5-14(21)6-3-12;/h2-7,10,15,18,26H,8-9,11H2,1H3;1H/t15-,18+;/m0./s1. The summed E-state index contributed by atoms with van der Waals surface area (Å²) in [5.41, 5.74) is -0.868. The molecule has 3 nitrogen and oxygen atoms in total. The molecule has 0 saturated carbocycles. The zero-order valence-corrected chi connectivity index (χ0v) is 16.3. The normalized spacial score (nSPS) is 19.4. The van der Waals surface area contributed by atoms with Gasteiger partial charge in [-0.1, -0.05) is 12.1 Å². The number of nitrogens with zero attached hydrogens (tertiary/aromatic N) is 1. The number of hydrogen-bond donors (Lipinski definition) is 1. The second kappa shape index (κ2) is 9.09. The van der Waals surface area contributed by atoms with E-state index < -0.39 is 23.5 Å². The first-order chi connectivity index (χ1) is 13.2. The highest BCUT2D eigenvalue weighted by atomic mass is 35.5. The van der Waals surface area contributed by atoms with Gasteiger partial charge in [-0.3, -0.25) is 4.79 Å². The number of carbonyl (C=O) groups excluding carboxylic acids is 1. The first-order valence-electron chi connectivity index (χ1n) is 8.78. The Kier molecular flexibility index (Phi) is 7.24. The third-order valence-corrected chi connectivity index (χ3v) is 5.08. The van der Waals surface area contributed by atoms with Gasteiger partial charge in [0, 0.05) is 31.1 Å². The first kappa shape index (κ1) is 23.1. The molecule has 9 heteroatoms. The van der Waals surface area contributed by atoms with Gasteiger partial charge in [0.2, 0.25) is 0 Å². The molecule has 0 aliphatic carbocycles. The van der Waals surface area contributed by atoms with Crippen LogP contribution < -0.4 is 5.32 Å². The number of nitrogens with one attached hydrogen (secondary N) is 1. The van der Waals surface area contributed by atoms with Crippen molar-refractivity contribution in [3.63, 3.8) is 0 Å². The van der Waals surface area contributed by atoms with E-state index in [1.807, 2.05) is 0 Å². The Bertz CT molecular complexity index is 857. The summed E-state index contributed by atoms with van der Waals surface area (Å²) in [4.78, 5) is 14.2. The lowest BCUT2D eigenvalue weighted by molar-refractivity contribution is -0.140. The largest absolute Gasteiger partial charge is 0.419 e. The number of amides is 1. The average molecular weight is 435 g/mol. The van der Waals surface area contributed by atoms with Gasteiger partial charge in [0.1, 0.15) is 11.6 Å². The van der Waals surface area contributed by atoms with Crippen molar-refractivity contribution in [3.8, 4) is 0 Å². The van der Waals surface area contributed by atoms with Crippen LogP contribution in [0.25, 0.3) is 0 Å². The third kappa shape index (κ3) is 5.05. The summed E-state index contributed by atoms with van der Waals surface area (Å²) in [5.74, 6) is -2.56. The van der Waals surface area contributed by atoms with E-state index in [1.165, 1.54) is 24.1 Å². The summed E-state index contributed by atoms with van der Waals surface area (Å²) >= 11 is 0. The Hall–Kier alpha value is -2.19. The van der Waals surface area contributed by atoms with Gasteiger partial charge in [0.05, 0.1) is 5.56 Å². The van der Waals surface area contributed by atoms with Crippen molar-refractivity contribution in [1.29, 1.82) is 0 Å². The quantitative estimate of drug-likeness (QED) is 0.715.